The number of benzene rings is 2. The molecular formula is C22H20N2O3S. The molecule has 1 N–H and O–H groups in total. The molecule has 0 bridgehead atoms. The summed E-state index contributed by atoms with van der Waals surface area (Å²) < 4.78 is 10.9. The van der Waals surface area contributed by atoms with Gasteiger partial charge in [0.05, 0.1) is 12.8 Å². The number of fused-ring (bicyclic) bond motifs is 1. The Morgan fingerprint density at radius 1 is 1.14 bits per heavy atom. The van der Waals surface area contributed by atoms with Gasteiger partial charge in [0.25, 0.3) is 5.91 Å². The second kappa shape index (κ2) is 7.48. The fourth-order valence-corrected chi connectivity index (χ4v) is 4.11. The second-order valence-corrected chi connectivity index (χ2v) is 7.64. The van der Waals surface area contributed by atoms with Gasteiger partial charge in [0.2, 0.25) is 0 Å². The molecule has 0 saturated carbocycles. The van der Waals surface area contributed by atoms with E-state index < -0.39 is 0 Å². The summed E-state index contributed by atoms with van der Waals surface area (Å²) in [5, 5.41) is 4.40. The maximum absolute atomic E-state index is 12.7. The number of rotatable bonds is 5. The van der Waals surface area contributed by atoms with E-state index in [-0.39, 0.29) is 5.91 Å². The normalized spacial score (nSPS) is 11.0. The van der Waals surface area contributed by atoms with E-state index in [9.17, 15) is 4.79 Å². The van der Waals surface area contributed by atoms with Crippen LogP contribution in [0.4, 0.5) is 5.13 Å². The molecule has 2 aromatic carbocycles. The molecule has 0 spiro atoms. The number of nitrogens with one attached hydrogen (secondary N) is 1. The standard InChI is InChI=1S/C22H20N2O3S/c1-13-17-6-4-5-7-18(17)27-20(13)21(25)24-22-23-14(2)19(28-22)12-15-8-10-16(26-3)11-9-15/h4-11H,12H2,1-3H3,(H,23,24,25). The molecule has 0 aliphatic carbocycles. The van der Waals surface area contributed by atoms with Crippen molar-refractivity contribution in [1.29, 1.82) is 0 Å². The topological polar surface area (TPSA) is 64.4 Å². The Labute approximate surface area is 167 Å². The third-order valence-corrected chi connectivity index (χ3v) is 5.76. The van der Waals surface area contributed by atoms with Gasteiger partial charge in [0.1, 0.15) is 11.3 Å². The van der Waals surface area contributed by atoms with Crippen LogP contribution in [0.25, 0.3) is 11.0 Å². The summed E-state index contributed by atoms with van der Waals surface area (Å²) in [5.74, 6) is 0.878. The van der Waals surface area contributed by atoms with Crippen LogP contribution in [0.2, 0.25) is 0 Å². The smallest absolute Gasteiger partial charge is 0.293 e. The number of carbonyl (C=O) groups excluding carboxylic acids is 1. The maximum Gasteiger partial charge on any atom is 0.293 e. The average molecular weight is 392 g/mol. The molecule has 6 heteroatoms. The van der Waals surface area contributed by atoms with Gasteiger partial charge in [-0.2, -0.15) is 0 Å². The Balaban J connectivity index is 1.52. The summed E-state index contributed by atoms with van der Waals surface area (Å²) in [4.78, 5) is 18.3. The first-order valence-corrected chi connectivity index (χ1v) is 9.75. The Kier molecular flexibility index (Phi) is 4.88. The highest BCUT2D eigenvalue weighted by Gasteiger charge is 2.19. The lowest BCUT2D eigenvalue weighted by Crippen LogP contribution is -2.11. The van der Waals surface area contributed by atoms with E-state index in [4.69, 9.17) is 9.15 Å². The van der Waals surface area contributed by atoms with Crippen LogP contribution in [0.5, 0.6) is 5.75 Å². The van der Waals surface area contributed by atoms with E-state index in [0.717, 1.165) is 33.7 Å². The van der Waals surface area contributed by atoms with Crippen molar-refractivity contribution in [3.05, 3.63) is 76.0 Å². The lowest BCUT2D eigenvalue weighted by Gasteiger charge is -2.02. The number of methoxy groups -OCH3 is 1. The lowest BCUT2D eigenvalue weighted by atomic mass is 10.1. The fraction of sp³-hybridized carbons (Fsp3) is 0.182. The van der Waals surface area contributed by atoms with Crippen molar-refractivity contribution in [2.24, 2.45) is 0 Å². The predicted octanol–water partition coefficient (Wildman–Crippen LogP) is 5.36. The molecule has 0 saturated heterocycles. The molecule has 4 rings (SSSR count). The summed E-state index contributed by atoms with van der Waals surface area (Å²) >= 11 is 1.48. The molecule has 2 heterocycles. The molecule has 0 atom stereocenters. The molecule has 0 aliphatic rings. The van der Waals surface area contributed by atoms with E-state index in [1.165, 1.54) is 16.9 Å². The van der Waals surface area contributed by atoms with Gasteiger partial charge in [-0.1, -0.05) is 30.3 Å². The van der Waals surface area contributed by atoms with Crippen molar-refractivity contribution >= 4 is 33.3 Å². The van der Waals surface area contributed by atoms with Crippen LogP contribution in [-0.4, -0.2) is 18.0 Å². The van der Waals surface area contributed by atoms with Crippen molar-refractivity contribution in [2.45, 2.75) is 20.3 Å². The molecule has 0 fully saturated rings. The molecule has 0 unspecified atom stereocenters. The average Bonchev–Trinajstić information content (AvgIpc) is 3.22. The monoisotopic (exact) mass is 392 g/mol. The molecule has 142 valence electrons. The highest BCUT2D eigenvalue weighted by Crippen LogP contribution is 2.29. The Morgan fingerprint density at radius 2 is 1.89 bits per heavy atom. The Bertz CT molecular complexity index is 1140. The van der Waals surface area contributed by atoms with Gasteiger partial charge >= 0.3 is 0 Å². The van der Waals surface area contributed by atoms with Crippen LogP contribution in [-0.2, 0) is 6.42 Å². The van der Waals surface area contributed by atoms with Crippen LogP contribution in [0.3, 0.4) is 0 Å². The number of amides is 1. The molecular weight excluding hydrogens is 372 g/mol. The van der Waals surface area contributed by atoms with Crippen molar-refractivity contribution in [1.82, 2.24) is 4.98 Å². The van der Waals surface area contributed by atoms with Gasteiger partial charge in [-0.15, -0.1) is 11.3 Å². The molecule has 0 radical (unpaired) electrons. The van der Waals surface area contributed by atoms with Gasteiger partial charge in [-0.3, -0.25) is 10.1 Å². The number of anilines is 1. The Hall–Kier alpha value is -3.12. The van der Waals surface area contributed by atoms with Crippen LogP contribution >= 0.6 is 11.3 Å². The zero-order valence-electron chi connectivity index (χ0n) is 15.9. The predicted molar refractivity (Wildman–Crippen MR) is 112 cm³/mol. The number of para-hydroxylation sites is 1. The summed E-state index contributed by atoms with van der Waals surface area (Å²) in [6, 6.07) is 15.6. The molecule has 28 heavy (non-hydrogen) atoms. The number of furan rings is 1. The molecule has 5 nitrogen and oxygen atoms in total. The third kappa shape index (κ3) is 3.51. The van der Waals surface area contributed by atoms with Gasteiger partial charge in [-0.25, -0.2) is 4.98 Å². The highest BCUT2D eigenvalue weighted by molar-refractivity contribution is 7.15. The zero-order chi connectivity index (χ0) is 19.7. The largest absolute Gasteiger partial charge is 0.497 e. The number of carbonyl (C=O) groups is 1. The van der Waals surface area contributed by atoms with E-state index in [1.807, 2.05) is 62.4 Å². The Morgan fingerprint density at radius 3 is 2.61 bits per heavy atom. The number of ether oxygens (including phenoxy) is 1. The van der Waals surface area contributed by atoms with Crippen molar-refractivity contribution in [2.75, 3.05) is 12.4 Å². The van der Waals surface area contributed by atoms with Gasteiger partial charge in [0, 0.05) is 22.2 Å². The SMILES string of the molecule is COc1ccc(Cc2sc(NC(=O)c3oc4ccccc4c3C)nc2C)cc1. The summed E-state index contributed by atoms with van der Waals surface area (Å²) in [6.07, 6.45) is 0.757. The number of nitrogens with zero attached hydrogens (tertiary/aromatic N) is 1. The number of aromatic nitrogens is 1. The van der Waals surface area contributed by atoms with E-state index >= 15 is 0 Å². The summed E-state index contributed by atoms with van der Waals surface area (Å²) in [7, 11) is 1.65. The first-order valence-electron chi connectivity index (χ1n) is 8.94. The lowest BCUT2D eigenvalue weighted by molar-refractivity contribution is 0.0998. The van der Waals surface area contributed by atoms with Gasteiger partial charge in [-0.05, 0) is 37.6 Å². The summed E-state index contributed by atoms with van der Waals surface area (Å²) in [6.45, 7) is 3.85. The van der Waals surface area contributed by atoms with E-state index in [1.54, 1.807) is 7.11 Å². The van der Waals surface area contributed by atoms with Crippen LogP contribution < -0.4 is 10.1 Å². The van der Waals surface area contributed by atoms with Crippen molar-refractivity contribution < 1.29 is 13.9 Å². The zero-order valence-corrected chi connectivity index (χ0v) is 16.7. The fourth-order valence-electron chi connectivity index (χ4n) is 3.12. The molecule has 2 aromatic heterocycles. The van der Waals surface area contributed by atoms with Gasteiger partial charge < -0.3 is 9.15 Å². The first-order chi connectivity index (χ1) is 13.5. The maximum atomic E-state index is 12.7. The quantitative estimate of drug-likeness (QED) is 0.497. The third-order valence-electron chi connectivity index (χ3n) is 4.69. The minimum absolute atomic E-state index is 0.279. The number of hydrogen-bond donors (Lipinski definition) is 1. The minimum atomic E-state index is -0.279. The molecule has 0 aliphatic heterocycles. The van der Waals surface area contributed by atoms with E-state index in [2.05, 4.69) is 10.3 Å². The number of hydrogen-bond acceptors (Lipinski definition) is 5. The first kappa shape index (κ1) is 18.3. The molecule has 1 amide bonds. The highest BCUT2D eigenvalue weighted by atomic mass is 32.1. The van der Waals surface area contributed by atoms with Crippen LogP contribution in [0, 0.1) is 13.8 Å². The van der Waals surface area contributed by atoms with Crippen molar-refractivity contribution in [3.63, 3.8) is 0 Å². The second-order valence-electron chi connectivity index (χ2n) is 6.56. The number of aryl methyl sites for hydroxylation is 2. The number of thiazole rings is 1. The minimum Gasteiger partial charge on any atom is -0.497 e. The van der Waals surface area contributed by atoms with Crippen molar-refractivity contribution in [3.8, 4) is 5.75 Å². The van der Waals surface area contributed by atoms with Gasteiger partial charge in [0.15, 0.2) is 10.9 Å². The molecule has 4 aromatic rings. The van der Waals surface area contributed by atoms with E-state index in [0.29, 0.717) is 16.5 Å². The van der Waals surface area contributed by atoms with Crippen LogP contribution in [0.1, 0.15) is 32.3 Å². The summed E-state index contributed by atoms with van der Waals surface area (Å²) in [5.41, 5.74) is 3.62. The van der Waals surface area contributed by atoms with Crippen LogP contribution in [0.15, 0.2) is 52.9 Å².